The molecule has 4 fully saturated rings. The molecule has 0 unspecified atom stereocenters. The third-order valence-electron chi connectivity index (χ3n) is 13.9. The summed E-state index contributed by atoms with van der Waals surface area (Å²) in [6.07, 6.45) is 7.17. The molecule has 0 aliphatic heterocycles. The van der Waals surface area contributed by atoms with Crippen molar-refractivity contribution in [1.82, 2.24) is 0 Å². The number of thiophene rings is 1. The highest BCUT2D eigenvalue weighted by Gasteiger charge is 2.61. The first-order chi connectivity index (χ1) is 26.2. The van der Waals surface area contributed by atoms with E-state index in [-0.39, 0.29) is 5.41 Å². The average Bonchev–Trinajstić information content (AvgIpc) is 3.73. The van der Waals surface area contributed by atoms with Crippen LogP contribution in [0.15, 0.2) is 158 Å². The van der Waals surface area contributed by atoms with Crippen molar-refractivity contribution in [2.75, 3.05) is 0 Å². The van der Waals surface area contributed by atoms with Crippen molar-refractivity contribution in [2.24, 2.45) is 23.7 Å². The second-order valence-corrected chi connectivity index (χ2v) is 17.6. The van der Waals surface area contributed by atoms with Gasteiger partial charge in [-0.2, -0.15) is 0 Å². The van der Waals surface area contributed by atoms with Gasteiger partial charge < -0.3 is 0 Å². The summed E-state index contributed by atoms with van der Waals surface area (Å²) in [5.74, 6) is 3.47. The Morgan fingerprint density at radius 3 is 1.75 bits per heavy atom. The monoisotopic (exact) mass is 696 g/mol. The molecule has 5 aliphatic carbocycles. The van der Waals surface area contributed by atoms with Gasteiger partial charge in [0.25, 0.3) is 0 Å². The van der Waals surface area contributed by atoms with Crippen molar-refractivity contribution in [1.29, 1.82) is 0 Å². The van der Waals surface area contributed by atoms with E-state index < -0.39 is 0 Å². The first kappa shape index (κ1) is 30.2. The zero-order valence-corrected chi connectivity index (χ0v) is 30.6. The SMILES string of the molecule is c1ccc(-c2ccc(-c3cccc(-c4cc(-c5ccc6c(c5)-c5ccccc5C65C6CC7CC(C6)CC5C7)c5sc6ccccc6c5c4)c3)cc2)cc1. The lowest BCUT2D eigenvalue weighted by Gasteiger charge is -2.61. The maximum Gasteiger partial charge on any atom is 0.0434 e. The topological polar surface area (TPSA) is 0 Å². The minimum Gasteiger partial charge on any atom is -0.135 e. The maximum absolute atomic E-state index is 2.58. The molecule has 53 heavy (non-hydrogen) atoms. The molecule has 0 amide bonds. The van der Waals surface area contributed by atoms with Crippen LogP contribution in [0.1, 0.15) is 43.2 Å². The van der Waals surface area contributed by atoms with Gasteiger partial charge in [0.05, 0.1) is 0 Å². The summed E-state index contributed by atoms with van der Waals surface area (Å²) in [4.78, 5) is 0. The summed E-state index contributed by atoms with van der Waals surface area (Å²) >= 11 is 1.95. The van der Waals surface area contributed by atoms with Gasteiger partial charge in [0, 0.05) is 31.2 Å². The summed E-state index contributed by atoms with van der Waals surface area (Å²) < 4.78 is 2.74. The smallest absolute Gasteiger partial charge is 0.0434 e. The van der Waals surface area contributed by atoms with E-state index in [4.69, 9.17) is 0 Å². The van der Waals surface area contributed by atoms with E-state index in [1.807, 2.05) is 11.3 Å². The van der Waals surface area contributed by atoms with E-state index in [0.717, 1.165) is 23.7 Å². The molecule has 1 heterocycles. The molecule has 4 bridgehead atoms. The van der Waals surface area contributed by atoms with Gasteiger partial charge in [0.15, 0.2) is 0 Å². The molecule has 7 aromatic carbocycles. The van der Waals surface area contributed by atoms with Gasteiger partial charge in [0.2, 0.25) is 0 Å². The number of fused-ring (bicyclic) bond motifs is 6. The van der Waals surface area contributed by atoms with E-state index in [1.165, 1.54) is 108 Å². The van der Waals surface area contributed by atoms with E-state index in [1.54, 1.807) is 11.1 Å². The van der Waals surface area contributed by atoms with Crippen LogP contribution < -0.4 is 0 Å². The Morgan fingerprint density at radius 1 is 0.377 bits per heavy atom. The number of hydrogen-bond donors (Lipinski definition) is 0. The highest BCUT2D eigenvalue weighted by Crippen LogP contribution is 2.69. The standard InChI is InChI=1S/C52H40S/c1-2-9-34(10-3-1)35-17-19-36(20-18-35)37-11-8-12-38(28-37)40-30-45(51-47(31-40)44-14-5-7-16-50(44)53-51)39-21-22-49-46(29-39)43-13-4-6-15-48(43)52(49)41-24-32-23-33(26-41)27-42(52)25-32/h1-22,28-33,41-42H,23-27H2. The predicted octanol–water partition coefficient (Wildman–Crippen LogP) is 14.4. The molecule has 0 radical (unpaired) electrons. The minimum absolute atomic E-state index is 0.201. The van der Waals surface area contributed by atoms with Crippen LogP contribution in [0, 0.1) is 23.7 Å². The molecule has 1 aromatic heterocycles. The van der Waals surface area contributed by atoms with Gasteiger partial charge in [-0.05, 0) is 147 Å². The van der Waals surface area contributed by atoms with Crippen LogP contribution >= 0.6 is 11.3 Å². The van der Waals surface area contributed by atoms with Crippen molar-refractivity contribution in [3.8, 4) is 55.6 Å². The molecular formula is C52H40S. The highest BCUT2D eigenvalue weighted by molar-refractivity contribution is 7.26. The Kier molecular flexibility index (Phi) is 6.49. The van der Waals surface area contributed by atoms with E-state index in [0.29, 0.717) is 0 Å². The average molecular weight is 697 g/mol. The summed E-state index contributed by atoms with van der Waals surface area (Å²) in [6.45, 7) is 0. The van der Waals surface area contributed by atoms with Crippen molar-refractivity contribution < 1.29 is 0 Å². The Labute approximate surface area is 315 Å². The van der Waals surface area contributed by atoms with Gasteiger partial charge in [-0.25, -0.2) is 0 Å². The van der Waals surface area contributed by atoms with Gasteiger partial charge in [-0.3, -0.25) is 0 Å². The second kappa shape index (κ2) is 11.4. The Morgan fingerprint density at radius 2 is 0.962 bits per heavy atom. The molecule has 254 valence electrons. The van der Waals surface area contributed by atoms with Crippen LogP contribution in [-0.2, 0) is 5.41 Å². The van der Waals surface area contributed by atoms with Gasteiger partial charge in [-0.15, -0.1) is 11.3 Å². The van der Waals surface area contributed by atoms with E-state index in [2.05, 4.69) is 158 Å². The van der Waals surface area contributed by atoms with Crippen LogP contribution in [0.25, 0.3) is 75.8 Å². The maximum atomic E-state index is 2.58. The molecule has 0 N–H and O–H groups in total. The number of hydrogen-bond acceptors (Lipinski definition) is 1. The molecule has 0 atom stereocenters. The Hall–Kier alpha value is -5.24. The quantitative estimate of drug-likeness (QED) is 0.172. The molecular weight excluding hydrogens is 657 g/mol. The largest absolute Gasteiger partial charge is 0.135 e. The molecule has 1 spiro atoms. The van der Waals surface area contributed by atoms with Crippen molar-refractivity contribution in [3.05, 3.63) is 169 Å². The highest BCUT2D eigenvalue weighted by atomic mass is 32.1. The molecule has 13 rings (SSSR count). The fourth-order valence-corrected chi connectivity index (χ4v) is 13.1. The van der Waals surface area contributed by atoms with Gasteiger partial charge >= 0.3 is 0 Å². The molecule has 1 heteroatoms. The first-order valence-electron chi connectivity index (χ1n) is 19.7. The van der Waals surface area contributed by atoms with Gasteiger partial charge in [-0.1, -0.05) is 127 Å². The third kappa shape index (κ3) is 4.41. The molecule has 8 aromatic rings. The molecule has 0 saturated heterocycles. The van der Waals surface area contributed by atoms with Crippen LogP contribution in [0.4, 0.5) is 0 Å². The Balaban J connectivity index is 1.01. The van der Waals surface area contributed by atoms with Crippen LogP contribution in [0.2, 0.25) is 0 Å². The number of benzene rings is 7. The normalized spacial score (nSPS) is 23.5. The van der Waals surface area contributed by atoms with Crippen molar-refractivity contribution in [3.63, 3.8) is 0 Å². The molecule has 4 saturated carbocycles. The van der Waals surface area contributed by atoms with Crippen LogP contribution in [-0.4, -0.2) is 0 Å². The first-order valence-corrected chi connectivity index (χ1v) is 20.5. The summed E-state index contributed by atoms with van der Waals surface area (Å²) in [6, 6.07) is 59.9. The fourth-order valence-electron chi connectivity index (χ4n) is 11.9. The second-order valence-electron chi connectivity index (χ2n) is 16.5. The summed E-state index contributed by atoms with van der Waals surface area (Å²) in [7, 11) is 0. The van der Waals surface area contributed by atoms with Gasteiger partial charge in [0.1, 0.15) is 0 Å². The lowest BCUT2D eigenvalue weighted by Crippen LogP contribution is -2.55. The lowest BCUT2D eigenvalue weighted by molar-refractivity contribution is -0.0399. The third-order valence-corrected chi connectivity index (χ3v) is 15.1. The predicted molar refractivity (Wildman–Crippen MR) is 224 cm³/mol. The Bertz CT molecular complexity index is 2700. The van der Waals surface area contributed by atoms with E-state index in [9.17, 15) is 0 Å². The van der Waals surface area contributed by atoms with Crippen molar-refractivity contribution in [2.45, 2.75) is 37.5 Å². The minimum atomic E-state index is 0.201. The zero-order valence-electron chi connectivity index (χ0n) is 29.8. The van der Waals surface area contributed by atoms with Crippen LogP contribution in [0.5, 0.6) is 0 Å². The van der Waals surface area contributed by atoms with Crippen LogP contribution in [0.3, 0.4) is 0 Å². The summed E-state index contributed by atoms with van der Waals surface area (Å²) in [5, 5.41) is 2.71. The number of rotatable bonds is 4. The van der Waals surface area contributed by atoms with E-state index >= 15 is 0 Å². The fraction of sp³-hybridized carbons (Fsp3) is 0.192. The zero-order chi connectivity index (χ0) is 34.7. The molecule has 0 nitrogen and oxygen atoms in total. The lowest BCUT2D eigenvalue weighted by atomic mass is 9.43. The summed E-state index contributed by atoms with van der Waals surface area (Å²) in [5.41, 5.74) is 16.7. The van der Waals surface area contributed by atoms with Crippen molar-refractivity contribution >= 4 is 31.5 Å². The molecule has 5 aliphatic rings.